The highest BCUT2D eigenvalue weighted by Gasteiger charge is 2.17. The van der Waals surface area contributed by atoms with Crippen LogP contribution in [-0.2, 0) is 11.3 Å². The molecule has 0 aliphatic heterocycles. The van der Waals surface area contributed by atoms with E-state index in [-0.39, 0.29) is 12.0 Å². The summed E-state index contributed by atoms with van der Waals surface area (Å²) >= 11 is 0. The van der Waals surface area contributed by atoms with E-state index in [1.807, 2.05) is 6.92 Å². The number of aliphatic hydroxyl groups excluding tert-OH is 1. The Bertz CT molecular complexity index is 396. The first-order valence-electron chi connectivity index (χ1n) is 6.53. The van der Waals surface area contributed by atoms with Gasteiger partial charge in [0.15, 0.2) is 5.82 Å². The predicted octanol–water partition coefficient (Wildman–Crippen LogP) is 1.42. The van der Waals surface area contributed by atoms with Crippen LogP contribution in [0.5, 0.6) is 0 Å². The quantitative estimate of drug-likeness (QED) is 0.660. The van der Waals surface area contributed by atoms with Gasteiger partial charge in [-0.1, -0.05) is 13.8 Å². The normalized spacial score (nSPS) is 11.6. The third-order valence-corrected chi connectivity index (χ3v) is 2.76. The van der Waals surface area contributed by atoms with E-state index in [0.29, 0.717) is 37.2 Å². The summed E-state index contributed by atoms with van der Waals surface area (Å²) in [7, 11) is 0. The fourth-order valence-corrected chi connectivity index (χ4v) is 1.59. The fourth-order valence-electron chi connectivity index (χ4n) is 1.59. The molecule has 19 heavy (non-hydrogen) atoms. The van der Waals surface area contributed by atoms with E-state index in [2.05, 4.69) is 29.1 Å². The second-order valence-electron chi connectivity index (χ2n) is 5.22. The summed E-state index contributed by atoms with van der Waals surface area (Å²) in [5, 5.41) is 12.2. The van der Waals surface area contributed by atoms with E-state index >= 15 is 0 Å². The number of anilines is 2. The minimum atomic E-state index is -0.00541. The second kappa shape index (κ2) is 7.25. The summed E-state index contributed by atoms with van der Waals surface area (Å²) in [6, 6.07) is 1.70. The maximum absolute atomic E-state index is 8.99. The van der Waals surface area contributed by atoms with Gasteiger partial charge in [-0.15, -0.1) is 0 Å². The number of hydrogen-bond donors (Lipinski definition) is 3. The number of nitrogens with zero attached hydrogens (tertiary/aromatic N) is 2. The molecule has 1 aromatic rings. The first-order valence-corrected chi connectivity index (χ1v) is 6.53. The number of nitrogens with two attached hydrogens (primary N) is 1. The Morgan fingerprint density at radius 1 is 1.42 bits per heavy atom. The van der Waals surface area contributed by atoms with Gasteiger partial charge in [-0.2, -0.15) is 0 Å². The molecule has 0 saturated heterocycles. The molecule has 4 N–H and O–H groups in total. The maximum atomic E-state index is 8.99. The van der Waals surface area contributed by atoms with Gasteiger partial charge in [0.1, 0.15) is 18.2 Å². The molecular formula is C13H24N4O2. The van der Waals surface area contributed by atoms with Crippen molar-refractivity contribution in [1.29, 1.82) is 0 Å². The van der Waals surface area contributed by atoms with Gasteiger partial charge in [-0.05, 0) is 18.8 Å². The third kappa shape index (κ3) is 5.85. The molecule has 0 aliphatic carbocycles. The smallest absolute Gasteiger partial charge is 0.158 e. The fraction of sp³-hybridized carbons (Fsp3) is 0.692. The van der Waals surface area contributed by atoms with Crippen molar-refractivity contribution in [2.75, 3.05) is 30.8 Å². The van der Waals surface area contributed by atoms with E-state index in [0.717, 1.165) is 6.42 Å². The van der Waals surface area contributed by atoms with Crippen molar-refractivity contribution in [2.24, 2.45) is 5.41 Å². The van der Waals surface area contributed by atoms with Crippen LogP contribution < -0.4 is 11.1 Å². The van der Waals surface area contributed by atoms with Crippen LogP contribution >= 0.6 is 0 Å². The Kier molecular flexibility index (Phi) is 5.98. The Morgan fingerprint density at radius 2 is 2.16 bits per heavy atom. The van der Waals surface area contributed by atoms with Crippen molar-refractivity contribution in [3.8, 4) is 0 Å². The van der Waals surface area contributed by atoms with Gasteiger partial charge in [-0.3, -0.25) is 0 Å². The van der Waals surface area contributed by atoms with Gasteiger partial charge < -0.3 is 20.9 Å². The third-order valence-electron chi connectivity index (χ3n) is 2.76. The lowest BCUT2D eigenvalue weighted by atomic mass is 9.90. The number of nitrogens with one attached hydrogen (secondary N) is 1. The van der Waals surface area contributed by atoms with Crippen molar-refractivity contribution in [3.05, 3.63) is 11.9 Å². The van der Waals surface area contributed by atoms with E-state index in [1.165, 1.54) is 0 Å². The summed E-state index contributed by atoms with van der Waals surface area (Å²) in [5.74, 6) is 1.68. The lowest BCUT2D eigenvalue weighted by molar-refractivity contribution is 0.128. The van der Waals surface area contributed by atoms with Crippen LogP contribution in [0.4, 0.5) is 11.6 Å². The van der Waals surface area contributed by atoms with E-state index < -0.39 is 0 Å². The number of hydrogen-bond acceptors (Lipinski definition) is 6. The molecule has 0 atom stereocenters. The molecule has 0 bridgehead atoms. The highest BCUT2D eigenvalue weighted by atomic mass is 16.5. The zero-order valence-corrected chi connectivity index (χ0v) is 11.9. The van der Waals surface area contributed by atoms with Crippen LogP contribution in [0.15, 0.2) is 6.07 Å². The first kappa shape index (κ1) is 15.7. The number of nitrogen functional groups attached to an aromatic ring is 1. The average molecular weight is 268 g/mol. The zero-order chi connectivity index (χ0) is 14.3. The van der Waals surface area contributed by atoms with Crippen molar-refractivity contribution < 1.29 is 9.84 Å². The van der Waals surface area contributed by atoms with Crippen molar-refractivity contribution >= 4 is 11.6 Å². The van der Waals surface area contributed by atoms with Crippen molar-refractivity contribution in [3.63, 3.8) is 0 Å². The van der Waals surface area contributed by atoms with Crippen molar-refractivity contribution in [1.82, 2.24) is 9.97 Å². The van der Waals surface area contributed by atoms with Crippen LogP contribution in [-0.4, -0.2) is 34.8 Å². The van der Waals surface area contributed by atoms with Crippen LogP contribution in [0, 0.1) is 5.41 Å². The molecule has 1 aromatic heterocycles. The van der Waals surface area contributed by atoms with Gasteiger partial charge in [0, 0.05) is 25.8 Å². The molecule has 6 nitrogen and oxygen atoms in total. The van der Waals surface area contributed by atoms with Crippen LogP contribution in [0.2, 0.25) is 0 Å². The summed E-state index contributed by atoms with van der Waals surface area (Å²) in [6.45, 7) is 7.95. The largest absolute Gasteiger partial charge is 0.396 e. The molecule has 0 radical (unpaired) electrons. The molecular weight excluding hydrogens is 244 g/mol. The molecule has 0 saturated carbocycles. The molecule has 108 valence electrons. The van der Waals surface area contributed by atoms with Crippen LogP contribution in [0.1, 0.15) is 33.0 Å². The number of rotatable bonds is 8. The van der Waals surface area contributed by atoms with E-state index in [1.54, 1.807) is 6.07 Å². The van der Waals surface area contributed by atoms with Crippen LogP contribution in [0.3, 0.4) is 0 Å². The predicted molar refractivity (Wildman–Crippen MR) is 75.7 cm³/mol. The van der Waals surface area contributed by atoms with Gasteiger partial charge in [-0.25, -0.2) is 9.97 Å². The number of aromatic nitrogens is 2. The SMILES string of the molecule is CCOCc1nc(N)cc(NCC(C)(C)CCO)n1. The highest BCUT2D eigenvalue weighted by Crippen LogP contribution is 2.20. The molecule has 0 amide bonds. The van der Waals surface area contributed by atoms with Gasteiger partial charge in [0.2, 0.25) is 0 Å². The maximum Gasteiger partial charge on any atom is 0.158 e. The molecule has 0 unspecified atom stereocenters. The monoisotopic (exact) mass is 268 g/mol. The minimum absolute atomic E-state index is 0.00541. The molecule has 0 spiro atoms. The molecule has 0 aliphatic rings. The average Bonchev–Trinajstić information content (AvgIpc) is 2.33. The lowest BCUT2D eigenvalue weighted by Gasteiger charge is -2.24. The van der Waals surface area contributed by atoms with Gasteiger partial charge in [0.25, 0.3) is 0 Å². The van der Waals surface area contributed by atoms with Gasteiger partial charge in [0.05, 0.1) is 0 Å². The number of ether oxygens (including phenoxy) is 1. The molecule has 1 rings (SSSR count). The molecule has 1 heterocycles. The Morgan fingerprint density at radius 3 is 2.79 bits per heavy atom. The molecule has 0 fully saturated rings. The second-order valence-corrected chi connectivity index (χ2v) is 5.22. The highest BCUT2D eigenvalue weighted by molar-refractivity contribution is 5.44. The first-order chi connectivity index (χ1) is 8.96. The summed E-state index contributed by atoms with van der Waals surface area (Å²) < 4.78 is 5.27. The lowest BCUT2D eigenvalue weighted by Crippen LogP contribution is -2.25. The van der Waals surface area contributed by atoms with E-state index in [9.17, 15) is 0 Å². The van der Waals surface area contributed by atoms with E-state index in [4.69, 9.17) is 15.6 Å². The standard InChI is InChI=1S/C13H24N4O2/c1-4-19-8-12-16-10(14)7-11(17-12)15-9-13(2,3)5-6-18/h7,18H,4-6,8-9H2,1-3H3,(H3,14,15,16,17). The minimum Gasteiger partial charge on any atom is -0.396 e. The zero-order valence-electron chi connectivity index (χ0n) is 11.9. The molecule has 6 heteroatoms. The Labute approximate surface area is 114 Å². The van der Waals surface area contributed by atoms with Crippen LogP contribution in [0.25, 0.3) is 0 Å². The number of aliphatic hydroxyl groups is 1. The summed E-state index contributed by atoms with van der Waals surface area (Å²) in [4.78, 5) is 8.46. The summed E-state index contributed by atoms with van der Waals surface area (Å²) in [6.07, 6.45) is 0.729. The Balaban J connectivity index is 2.65. The summed E-state index contributed by atoms with van der Waals surface area (Å²) in [5.41, 5.74) is 5.74. The molecule has 0 aromatic carbocycles. The van der Waals surface area contributed by atoms with Crippen molar-refractivity contribution in [2.45, 2.75) is 33.8 Å². The van der Waals surface area contributed by atoms with Gasteiger partial charge >= 0.3 is 0 Å². The topological polar surface area (TPSA) is 93.3 Å². The Hall–Kier alpha value is -1.40.